The molecule has 2 N–H and O–H groups in total. The van der Waals surface area contributed by atoms with Gasteiger partial charge in [0.25, 0.3) is 10.0 Å². The van der Waals surface area contributed by atoms with Crippen LogP contribution in [0.4, 0.5) is 0 Å². The van der Waals surface area contributed by atoms with Crippen molar-refractivity contribution in [2.45, 2.75) is 50.6 Å². The summed E-state index contributed by atoms with van der Waals surface area (Å²) in [7, 11) is -3.45. The van der Waals surface area contributed by atoms with Gasteiger partial charge in [0.05, 0.1) is 4.90 Å². The third-order valence-corrected chi connectivity index (χ3v) is 5.78. The van der Waals surface area contributed by atoms with Crippen molar-refractivity contribution in [2.75, 3.05) is 13.1 Å². The van der Waals surface area contributed by atoms with Gasteiger partial charge < -0.3 is 5.32 Å². The summed E-state index contributed by atoms with van der Waals surface area (Å²) in [6.45, 7) is 6.28. The first-order valence-electron chi connectivity index (χ1n) is 7.06. The van der Waals surface area contributed by atoms with Crippen LogP contribution in [0.15, 0.2) is 16.3 Å². The summed E-state index contributed by atoms with van der Waals surface area (Å²) in [4.78, 5) is 3.98. The Bertz CT molecular complexity index is 519. The molecule has 0 unspecified atom stereocenters. The first-order valence-corrected chi connectivity index (χ1v) is 9.42. The molecule has 0 aromatic carbocycles. The molecule has 20 heavy (non-hydrogen) atoms. The van der Waals surface area contributed by atoms with E-state index >= 15 is 0 Å². The van der Waals surface area contributed by atoms with Gasteiger partial charge >= 0.3 is 0 Å². The lowest BCUT2D eigenvalue weighted by atomic mass is 10.2. The van der Waals surface area contributed by atoms with Gasteiger partial charge in [0, 0.05) is 30.6 Å². The molecular weight excluding hydrogens is 294 g/mol. The molecule has 2 heterocycles. The van der Waals surface area contributed by atoms with Crippen LogP contribution in [-0.2, 0) is 16.6 Å². The van der Waals surface area contributed by atoms with Crippen LogP contribution >= 0.6 is 11.3 Å². The van der Waals surface area contributed by atoms with E-state index in [4.69, 9.17) is 0 Å². The van der Waals surface area contributed by atoms with Crippen molar-refractivity contribution in [3.8, 4) is 0 Å². The Morgan fingerprint density at radius 2 is 2.00 bits per heavy atom. The highest BCUT2D eigenvalue weighted by molar-refractivity contribution is 7.89. The summed E-state index contributed by atoms with van der Waals surface area (Å²) in [5.74, 6) is 0. The van der Waals surface area contributed by atoms with Crippen LogP contribution in [0, 0.1) is 0 Å². The van der Waals surface area contributed by atoms with Crippen molar-refractivity contribution >= 4 is 21.4 Å². The van der Waals surface area contributed by atoms with Crippen LogP contribution in [-0.4, -0.2) is 32.6 Å². The molecule has 2 rings (SSSR count). The van der Waals surface area contributed by atoms with E-state index in [1.165, 1.54) is 17.8 Å². The molecule has 0 spiro atoms. The summed E-state index contributed by atoms with van der Waals surface area (Å²) >= 11 is 1.48. The van der Waals surface area contributed by atoms with E-state index in [1.54, 1.807) is 6.07 Å². The highest BCUT2D eigenvalue weighted by Crippen LogP contribution is 2.22. The van der Waals surface area contributed by atoms with Gasteiger partial charge in [0.1, 0.15) is 0 Å². The quantitative estimate of drug-likeness (QED) is 0.841. The molecule has 5 nitrogen and oxygen atoms in total. The van der Waals surface area contributed by atoms with Gasteiger partial charge in [-0.2, -0.15) is 0 Å². The molecule has 1 aromatic rings. The summed E-state index contributed by atoms with van der Waals surface area (Å²) in [6, 6.07) is 2.02. The number of rotatable bonds is 6. The second kappa shape index (κ2) is 7.00. The Morgan fingerprint density at radius 1 is 1.30 bits per heavy atom. The summed E-state index contributed by atoms with van der Waals surface area (Å²) < 4.78 is 24.9. The van der Waals surface area contributed by atoms with Crippen LogP contribution in [0.5, 0.6) is 0 Å². The lowest BCUT2D eigenvalue weighted by Crippen LogP contribution is -2.45. The van der Waals surface area contributed by atoms with Crippen molar-refractivity contribution in [2.24, 2.45) is 0 Å². The van der Waals surface area contributed by atoms with E-state index in [-0.39, 0.29) is 0 Å². The second-order valence-electron chi connectivity index (χ2n) is 5.39. The summed E-state index contributed by atoms with van der Waals surface area (Å²) in [5, 5.41) is 6.92. The lowest BCUT2D eigenvalue weighted by Gasteiger charge is -2.26. The Hall–Kier alpha value is -0.470. The second-order valence-corrected chi connectivity index (χ2v) is 8.02. The number of hydrazine groups is 1. The number of nitrogens with one attached hydrogen (secondary N) is 2. The number of sulfonamides is 1. The number of hydrogen-bond donors (Lipinski definition) is 2. The minimum Gasteiger partial charge on any atom is -0.310 e. The number of hydrogen-bond acceptors (Lipinski definition) is 5. The first-order chi connectivity index (χ1) is 9.49. The Balaban J connectivity index is 2.06. The third-order valence-electron chi connectivity index (χ3n) is 3.27. The van der Waals surface area contributed by atoms with Crippen LogP contribution in [0.1, 0.15) is 38.0 Å². The summed E-state index contributed by atoms with van der Waals surface area (Å²) in [5.41, 5.74) is 0. The van der Waals surface area contributed by atoms with Gasteiger partial charge in [-0.25, -0.2) is 13.4 Å². The third kappa shape index (κ3) is 4.26. The first kappa shape index (κ1) is 15.9. The molecule has 0 bridgehead atoms. The van der Waals surface area contributed by atoms with Crippen molar-refractivity contribution < 1.29 is 8.42 Å². The van der Waals surface area contributed by atoms with E-state index in [1.807, 2.05) is 24.2 Å². The average Bonchev–Trinajstić information content (AvgIpc) is 2.86. The molecule has 1 aromatic heterocycles. The maximum absolute atomic E-state index is 12.5. The van der Waals surface area contributed by atoms with Gasteiger partial charge in [0.15, 0.2) is 0 Å². The molecule has 7 heteroatoms. The molecular formula is C13H23N3O2S2. The Morgan fingerprint density at radius 3 is 2.65 bits per heavy atom. The maximum Gasteiger partial charge on any atom is 0.254 e. The molecule has 0 saturated carbocycles. The van der Waals surface area contributed by atoms with Gasteiger partial charge in [-0.3, -0.25) is 0 Å². The predicted molar refractivity (Wildman–Crippen MR) is 82.0 cm³/mol. The van der Waals surface area contributed by atoms with Crippen LogP contribution in [0.3, 0.4) is 0 Å². The molecule has 0 atom stereocenters. The zero-order chi connectivity index (χ0) is 14.6. The molecule has 1 fully saturated rings. The SMILES string of the molecule is CC(C)NCc1sccc1S(=O)(=O)NN1CCCCC1. The fourth-order valence-electron chi connectivity index (χ4n) is 2.20. The fraction of sp³-hybridized carbons (Fsp3) is 0.692. The molecule has 1 aliphatic heterocycles. The lowest BCUT2D eigenvalue weighted by molar-refractivity contribution is 0.200. The minimum absolute atomic E-state index is 0.336. The summed E-state index contributed by atoms with van der Waals surface area (Å²) in [6.07, 6.45) is 3.28. The van der Waals surface area contributed by atoms with Gasteiger partial charge in [-0.1, -0.05) is 20.3 Å². The monoisotopic (exact) mass is 317 g/mol. The van der Waals surface area contributed by atoms with E-state index in [9.17, 15) is 8.42 Å². The Kier molecular flexibility index (Phi) is 5.57. The van der Waals surface area contributed by atoms with Crippen LogP contribution in [0.25, 0.3) is 0 Å². The minimum atomic E-state index is -3.45. The van der Waals surface area contributed by atoms with E-state index < -0.39 is 10.0 Å². The maximum atomic E-state index is 12.5. The number of thiophene rings is 1. The molecule has 0 amide bonds. The van der Waals surface area contributed by atoms with Gasteiger partial charge in [0.2, 0.25) is 0 Å². The molecule has 1 aliphatic rings. The largest absolute Gasteiger partial charge is 0.310 e. The zero-order valence-corrected chi connectivity index (χ0v) is 13.7. The predicted octanol–water partition coefficient (Wildman–Crippen LogP) is 1.93. The van der Waals surface area contributed by atoms with Crippen LogP contribution in [0.2, 0.25) is 0 Å². The van der Waals surface area contributed by atoms with Gasteiger partial charge in [-0.15, -0.1) is 16.2 Å². The van der Waals surface area contributed by atoms with Crippen molar-refractivity contribution in [1.82, 2.24) is 15.2 Å². The Labute approximate surface area is 125 Å². The van der Waals surface area contributed by atoms with Crippen LogP contribution < -0.4 is 10.1 Å². The van der Waals surface area contributed by atoms with E-state index in [2.05, 4.69) is 10.1 Å². The number of nitrogens with zero attached hydrogens (tertiary/aromatic N) is 1. The van der Waals surface area contributed by atoms with E-state index in [0.717, 1.165) is 30.8 Å². The highest BCUT2D eigenvalue weighted by Gasteiger charge is 2.23. The standard InChI is InChI=1S/C13H23N3O2S2/c1-11(2)14-10-12-13(6-9-19-12)20(17,18)15-16-7-4-3-5-8-16/h6,9,11,14-15H,3-5,7-8,10H2,1-2H3. The molecule has 0 radical (unpaired) electrons. The van der Waals surface area contributed by atoms with Crippen molar-refractivity contribution in [3.05, 3.63) is 16.3 Å². The molecule has 0 aliphatic carbocycles. The average molecular weight is 317 g/mol. The zero-order valence-electron chi connectivity index (χ0n) is 12.1. The molecule has 114 valence electrons. The smallest absolute Gasteiger partial charge is 0.254 e. The topological polar surface area (TPSA) is 61.4 Å². The normalized spacial score (nSPS) is 17.8. The van der Waals surface area contributed by atoms with Gasteiger partial charge in [-0.05, 0) is 24.3 Å². The number of piperidine rings is 1. The highest BCUT2D eigenvalue weighted by atomic mass is 32.2. The molecule has 1 saturated heterocycles. The van der Waals surface area contributed by atoms with Crippen molar-refractivity contribution in [1.29, 1.82) is 0 Å². The van der Waals surface area contributed by atoms with E-state index in [0.29, 0.717) is 17.5 Å². The van der Waals surface area contributed by atoms with Crippen molar-refractivity contribution in [3.63, 3.8) is 0 Å². The fourth-order valence-corrected chi connectivity index (χ4v) is 4.72.